The first kappa shape index (κ1) is 18.3. The van der Waals surface area contributed by atoms with Gasteiger partial charge in [-0.05, 0) is 74.1 Å². The molecule has 1 aromatic rings. The third-order valence-corrected chi connectivity index (χ3v) is 4.38. The van der Waals surface area contributed by atoms with Crippen molar-refractivity contribution in [2.45, 2.75) is 52.9 Å². The molecule has 0 amide bonds. The summed E-state index contributed by atoms with van der Waals surface area (Å²) in [6.45, 7) is 6.74. The lowest BCUT2D eigenvalue weighted by Crippen LogP contribution is -2.08. The molecule has 1 rings (SSSR count). The summed E-state index contributed by atoms with van der Waals surface area (Å²) in [7, 11) is 0. The molecule has 22 heavy (non-hydrogen) atoms. The summed E-state index contributed by atoms with van der Waals surface area (Å²) in [6.07, 6.45) is 11.1. The van der Waals surface area contributed by atoms with Crippen LogP contribution in [0.3, 0.4) is 0 Å². The molecule has 2 nitrogen and oxygen atoms in total. The van der Waals surface area contributed by atoms with Gasteiger partial charge < -0.3 is 11.5 Å². The van der Waals surface area contributed by atoms with E-state index in [2.05, 4.69) is 45.0 Å². The van der Waals surface area contributed by atoms with Gasteiger partial charge in [0.2, 0.25) is 0 Å². The third kappa shape index (κ3) is 6.84. The number of aryl methyl sites for hydroxylation is 2. The highest BCUT2D eigenvalue weighted by molar-refractivity contribution is 5.21. The zero-order valence-electron chi connectivity index (χ0n) is 14.4. The summed E-state index contributed by atoms with van der Waals surface area (Å²) < 4.78 is 0. The molecule has 1 unspecified atom stereocenters. The highest BCUT2D eigenvalue weighted by atomic mass is 14.5. The van der Waals surface area contributed by atoms with E-state index in [9.17, 15) is 0 Å². The Morgan fingerprint density at radius 3 is 2.41 bits per heavy atom. The molecule has 0 fully saturated rings. The predicted molar refractivity (Wildman–Crippen MR) is 97.3 cm³/mol. The van der Waals surface area contributed by atoms with Gasteiger partial charge in [-0.25, -0.2) is 0 Å². The standard InChI is InChI=1S/C20H32N2/c1-4-18(9-10-19-7-5-16(2)6-8-19)13-17(3)14-20(15-22)11-12-21/h5-8,11-12,15,17-18H,4,9-10,13-14,21-22H2,1-3H3/b12-11-,20-15+/t17?,18-/m0/s1. The molecule has 0 spiro atoms. The summed E-state index contributed by atoms with van der Waals surface area (Å²) in [6, 6.07) is 8.92. The molecule has 2 atom stereocenters. The minimum atomic E-state index is 0.633. The molecular formula is C20H32N2. The minimum Gasteiger partial charge on any atom is -0.405 e. The van der Waals surface area contributed by atoms with Crippen molar-refractivity contribution in [2.75, 3.05) is 0 Å². The SMILES string of the molecule is CC[C@@H](CCc1ccc(C)cc1)CC(C)CC(/C=C\N)=C/N. The fraction of sp³-hybridized carbons (Fsp3) is 0.500. The average molecular weight is 300 g/mol. The Morgan fingerprint density at radius 2 is 1.86 bits per heavy atom. The minimum absolute atomic E-state index is 0.633. The Balaban J connectivity index is 2.45. The van der Waals surface area contributed by atoms with Gasteiger partial charge in [-0.15, -0.1) is 0 Å². The number of nitrogens with two attached hydrogens (primary N) is 2. The molecule has 122 valence electrons. The molecule has 4 N–H and O–H groups in total. The van der Waals surface area contributed by atoms with E-state index < -0.39 is 0 Å². The van der Waals surface area contributed by atoms with Gasteiger partial charge in [0.25, 0.3) is 0 Å². The summed E-state index contributed by atoms with van der Waals surface area (Å²) >= 11 is 0. The smallest absolute Gasteiger partial charge is 0.00291 e. The Bertz CT molecular complexity index is 471. The zero-order chi connectivity index (χ0) is 16.4. The van der Waals surface area contributed by atoms with Crippen molar-refractivity contribution in [2.24, 2.45) is 23.3 Å². The van der Waals surface area contributed by atoms with E-state index in [1.54, 1.807) is 12.4 Å². The lowest BCUT2D eigenvalue weighted by atomic mass is 9.86. The van der Waals surface area contributed by atoms with E-state index in [1.165, 1.54) is 36.8 Å². The molecule has 0 aliphatic rings. The molecule has 0 aromatic heterocycles. The van der Waals surface area contributed by atoms with E-state index >= 15 is 0 Å². The monoisotopic (exact) mass is 300 g/mol. The fourth-order valence-corrected chi connectivity index (χ4v) is 2.98. The largest absolute Gasteiger partial charge is 0.405 e. The number of hydrogen-bond acceptors (Lipinski definition) is 2. The van der Waals surface area contributed by atoms with E-state index in [0.717, 1.165) is 17.9 Å². The topological polar surface area (TPSA) is 52.0 Å². The van der Waals surface area contributed by atoms with Crippen LogP contribution in [-0.2, 0) is 6.42 Å². The molecule has 0 bridgehead atoms. The lowest BCUT2D eigenvalue weighted by molar-refractivity contribution is 0.359. The summed E-state index contributed by atoms with van der Waals surface area (Å²) in [5.41, 5.74) is 15.0. The van der Waals surface area contributed by atoms with Gasteiger partial charge in [0.1, 0.15) is 0 Å². The van der Waals surface area contributed by atoms with Crippen LogP contribution in [0.1, 0.15) is 50.7 Å². The van der Waals surface area contributed by atoms with Crippen molar-refractivity contribution in [3.63, 3.8) is 0 Å². The second-order valence-corrected chi connectivity index (χ2v) is 6.44. The van der Waals surface area contributed by atoms with E-state index in [4.69, 9.17) is 11.5 Å². The average Bonchev–Trinajstić information content (AvgIpc) is 2.52. The normalized spacial score (nSPS) is 15.1. The van der Waals surface area contributed by atoms with Gasteiger partial charge in [0, 0.05) is 0 Å². The molecule has 0 heterocycles. The molecule has 0 aliphatic heterocycles. The van der Waals surface area contributed by atoms with Crippen LogP contribution in [0.15, 0.2) is 48.3 Å². The predicted octanol–water partition coefficient (Wildman–Crippen LogP) is 4.69. The second kappa shape index (κ2) is 10.1. The maximum atomic E-state index is 5.65. The first-order valence-electron chi connectivity index (χ1n) is 8.43. The summed E-state index contributed by atoms with van der Waals surface area (Å²) in [5.74, 6) is 1.41. The maximum Gasteiger partial charge on any atom is -0.00291 e. The molecular weight excluding hydrogens is 268 g/mol. The second-order valence-electron chi connectivity index (χ2n) is 6.44. The van der Waals surface area contributed by atoms with Gasteiger partial charge in [0.15, 0.2) is 0 Å². The number of rotatable bonds is 9. The number of benzene rings is 1. The van der Waals surface area contributed by atoms with Crippen LogP contribution in [0.4, 0.5) is 0 Å². The molecule has 0 saturated carbocycles. The van der Waals surface area contributed by atoms with Crippen molar-refractivity contribution < 1.29 is 0 Å². The Morgan fingerprint density at radius 1 is 1.18 bits per heavy atom. The molecule has 1 aromatic carbocycles. The van der Waals surface area contributed by atoms with Crippen molar-refractivity contribution in [3.8, 4) is 0 Å². The van der Waals surface area contributed by atoms with Gasteiger partial charge >= 0.3 is 0 Å². The fourth-order valence-electron chi connectivity index (χ4n) is 2.98. The zero-order valence-corrected chi connectivity index (χ0v) is 14.4. The van der Waals surface area contributed by atoms with Crippen LogP contribution in [0.25, 0.3) is 0 Å². The van der Waals surface area contributed by atoms with Gasteiger partial charge in [-0.3, -0.25) is 0 Å². The van der Waals surface area contributed by atoms with E-state index in [-0.39, 0.29) is 0 Å². The third-order valence-electron chi connectivity index (χ3n) is 4.38. The maximum absolute atomic E-state index is 5.65. The van der Waals surface area contributed by atoms with Crippen LogP contribution in [0, 0.1) is 18.8 Å². The van der Waals surface area contributed by atoms with Crippen molar-refractivity contribution in [1.29, 1.82) is 0 Å². The van der Waals surface area contributed by atoms with E-state index in [1.807, 2.05) is 6.08 Å². The van der Waals surface area contributed by atoms with Gasteiger partial charge in [-0.1, -0.05) is 50.1 Å². The van der Waals surface area contributed by atoms with Crippen molar-refractivity contribution >= 4 is 0 Å². The number of allylic oxidation sites excluding steroid dienone is 2. The Hall–Kier alpha value is -1.70. The Kier molecular flexibility index (Phi) is 8.42. The Labute approximate surface area is 136 Å². The van der Waals surface area contributed by atoms with Crippen molar-refractivity contribution in [3.05, 3.63) is 59.4 Å². The molecule has 0 radical (unpaired) electrons. The highest BCUT2D eigenvalue weighted by Crippen LogP contribution is 2.25. The first-order valence-corrected chi connectivity index (χ1v) is 8.43. The molecule has 2 heteroatoms. The first-order chi connectivity index (χ1) is 10.6. The van der Waals surface area contributed by atoms with Crippen LogP contribution >= 0.6 is 0 Å². The van der Waals surface area contributed by atoms with Crippen LogP contribution in [0.5, 0.6) is 0 Å². The lowest BCUT2D eigenvalue weighted by Gasteiger charge is -2.20. The van der Waals surface area contributed by atoms with Crippen LogP contribution < -0.4 is 11.5 Å². The highest BCUT2D eigenvalue weighted by Gasteiger charge is 2.13. The summed E-state index contributed by atoms with van der Waals surface area (Å²) in [4.78, 5) is 0. The number of hydrogen-bond donors (Lipinski definition) is 2. The van der Waals surface area contributed by atoms with Gasteiger partial charge in [0.05, 0.1) is 0 Å². The van der Waals surface area contributed by atoms with Crippen LogP contribution in [0.2, 0.25) is 0 Å². The molecule has 0 aliphatic carbocycles. The quantitative estimate of drug-likeness (QED) is 0.650. The summed E-state index contributed by atoms with van der Waals surface area (Å²) in [5, 5.41) is 0. The van der Waals surface area contributed by atoms with Crippen LogP contribution in [-0.4, -0.2) is 0 Å². The van der Waals surface area contributed by atoms with E-state index in [0.29, 0.717) is 5.92 Å². The van der Waals surface area contributed by atoms with Crippen molar-refractivity contribution in [1.82, 2.24) is 0 Å². The van der Waals surface area contributed by atoms with Gasteiger partial charge in [-0.2, -0.15) is 0 Å². The molecule has 0 saturated heterocycles.